The maximum absolute atomic E-state index is 13.8. The topological polar surface area (TPSA) is 105 Å². The Hall–Kier alpha value is -5.21. The van der Waals surface area contributed by atoms with Crippen LogP contribution in [0.4, 0.5) is 11.4 Å². The van der Waals surface area contributed by atoms with Crippen LogP contribution in [0, 0.1) is 0 Å². The maximum Gasteiger partial charge on any atom is 0.291 e. The molecule has 8 heteroatoms. The van der Waals surface area contributed by atoms with Gasteiger partial charge < -0.3 is 15.1 Å². The SMILES string of the molecule is O=C(Nc1ccc(SC(C(=O)Nc2cccc3c2C(=O)c2ccccc2C3=O)c2ccccc2)cc1)c1ccco1. The van der Waals surface area contributed by atoms with Gasteiger partial charge in [0.2, 0.25) is 5.91 Å². The zero-order chi connectivity index (χ0) is 28.3. The Kier molecular flexibility index (Phi) is 7.06. The number of fused-ring (bicyclic) bond motifs is 2. The lowest BCUT2D eigenvalue weighted by atomic mass is 9.83. The van der Waals surface area contributed by atoms with Crippen LogP contribution in [0.3, 0.4) is 0 Å². The van der Waals surface area contributed by atoms with Crippen molar-refractivity contribution < 1.29 is 23.6 Å². The predicted octanol–water partition coefficient (Wildman–Crippen LogP) is 6.78. The minimum Gasteiger partial charge on any atom is -0.459 e. The molecule has 0 saturated carbocycles. The van der Waals surface area contributed by atoms with Crippen molar-refractivity contribution in [1.29, 1.82) is 0 Å². The summed E-state index contributed by atoms with van der Waals surface area (Å²) in [5.74, 6) is -1.06. The minimum atomic E-state index is -0.669. The number of hydrogen-bond donors (Lipinski definition) is 2. The van der Waals surface area contributed by atoms with Crippen molar-refractivity contribution in [1.82, 2.24) is 0 Å². The predicted molar refractivity (Wildman–Crippen MR) is 157 cm³/mol. The number of rotatable bonds is 7. The number of hydrogen-bond acceptors (Lipinski definition) is 6. The summed E-state index contributed by atoms with van der Waals surface area (Å²) in [6.07, 6.45) is 1.43. The molecule has 6 rings (SSSR count). The average molecular weight is 559 g/mol. The second-order valence-electron chi connectivity index (χ2n) is 9.29. The fourth-order valence-electron chi connectivity index (χ4n) is 4.70. The molecule has 0 saturated heterocycles. The molecule has 1 unspecified atom stereocenters. The van der Waals surface area contributed by atoms with Crippen molar-refractivity contribution in [3.63, 3.8) is 0 Å². The van der Waals surface area contributed by atoms with Gasteiger partial charge in [-0.05, 0) is 48.0 Å². The number of furan rings is 1. The molecule has 1 atom stereocenters. The fourth-order valence-corrected chi connectivity index (χ4v) is 5.73. The molecule has 0 aliphatic heterocycles. The third-order valence-electron chi connectivity index (χ3n) is 6.66. The number of ketones is 2. The van der Waals surface area contributed by atoms with Gasteiger partial charge in [-0.3, -0.25) is 19.2 Å². The van der Waals surface area contributed by atoms with Crippen LogP contribution in [0.1, 0.15) is 53.2 Å². The van der Waals surface area contributed by atoms with E-state index >= 15 is 0 Å². The van der Waals surface area contributed by atoms with Gasteiger partial charge in [0.1, 0.15) is 5.25 Å². The highest BCUT2D eigenvalue weighted by Crippen LogP contribution is 2.38. The Morgan fingerprint density at radius 1 is 0.659 bits per heavy atom. The van der Waals surface area contributed by atoms with Gasteiger partial charge in [0.05, 0.1) is 17.5 Å². The molecule has 0 radical (unpaired) electrons. The lowest BCUT2D eigenvalue weighted by molar-refractivity contribution is -0.115. The van der Waals surface area contributed by atoms with Crippen molar-refractivity contribution in [3.8, 4) is 0 Å². The van der Waals surface area contributed by atoms with E-state index in [1.165, 1.54) is 18.0 Å². The van der Waals surface area contributed by atoms with Crippen molar-refractivity contribution >= 4 is 46.5 Å². The standard InChI is InChI=1S/C33H22N2O5S/c36-29-23-10-4-5-11-24(23)30(37)28-25(29)12-6-13-26(28)35-33(39)31(20-8-2-1-3-9-20)41-22-17-15-21(16-18-22)34-32(38)27-14-7-19-40-27/h1-19,31H,(H,34,38)(H,35,39). The van der Waals surface area contributed by atoms with Crippen LogP contribution >= 0.6 is 11.8 Å². The Bertz CT molecular complexity index is 1780. The number of nitrogens with one attached hydrogen (secondary N) is 2. The van der Waals surface area contributed by atoms with Gasteiger partial charge in [0.25, 0.3) is 5.91 Å². The molecular weight excluding hydrogens is 536 g/mol. The number of benzene rings is 4. The quantitative estimate of drug-likeness (QED) is 0.209. The molecule has 7 nitrogen and oxygen atoms in total. The highest BCUT2D eigenvalue weighted by molar-refractivity contribution is 8.00. The first-order chi connectivity index (χ1) is 20.0. The van der Waals surface area contributed by atoms with E-state index in [0.717, 1.165) is 10.5 Å². The van der Waals surface area contributed by atoms with Crippen LogP contribution in [0.15, 0.2) is 125 Å². The van der Waals surface area contributed by atoms with Crippen LogP contribution in [-0.4, -0.2) is 23.4 Å². The van der Waals surface area contributed by atoms with Crippen LogP contribution in [0.5, 0.6) is 0 Å². The highest BCUT2D eigenvalue weighted by Gasteiger charge is 2.32. The molecule has 2 N–H and O–H groups in total. The van der Waals surface area contributed by atoms with Gasteiger partial charge >= 0.3 is 0 Å². The van der Waals surface area contributed by atoms with Crippen molar-refractivity contribution in [2.45, 2.75) is 10.1 Å². The monoisotopic (exact) mass is 558 g/mol. The van der Waals surface area contributed by atoms with E-state index in [-0.39, 0.29) is 46.0 Å². The first-order valence-electron chi connectivity index (χ1n) is 12.8. The van der Waals surface area contributed by atoms with Crippen molar-refractivity contribution in [2.24, 2.45) is 0 Å². The first-order valence-corrected chi connectivity index (χ1v) is 13.7. The Balaban J connectivity index is 1.26. The zero-order valence-electron chi connectivity index (χ0n) is 21.5. The summed E-state index contributed by atoms with van der Waals surface area (Å²) in [5.41, 5.74) is 2.77. The number of amides is 2. The lowest BCUT2D eigenvalue weighted by Crippen LogP contribution is -2.25. The van der Waals surface area contributed by atoms with Crippen LogP contribution in [-0.2, 0) is 4.79 Å². The van der Waals surface area contributed by atoms with Crippen LogP contribution in [0.25, 0.3) is 0 Å². The molecule has 1 heterocycles. The van der Waals surface area contributed by atoms with Gasteiger partial charge in [0.15, 0.2) is 17.3 Å². The summed E-state index contributed by atoms with van der Waals surface area (Å²) in [7, 11) is 0. The average Bonchev–Trinajstić information content (AvgIpc) is 3.55. The molecule has 2 amide bonds. The lowest BCUT2D eigenvalue weighted by Gasteiger charge is -2.22. The van der Waals surface area contributed by atoms with E-state index in [4.69, 9.17) is 4.42 Å². The summed E-state index contributed by atoms with van der Waals surface area (Å²) < 4.78 is 5.13. The Labute approximate surface area is 239 Å². The summed E-state index contributed by atoms with van der Waals surface area (Å²) in [6, 6.07) is 31.3. The van der Waals surface area contributed by atoms with Gasteiger partial charge in [-0.15, -0.1) is 11.8 Å². The highest BCUT2D eigenvalue weighted by atomic mass is 32.2. The Morgan fingerprint density at radius 2 is 1.34 bits per heavy atom. The van der Waals surface area contributed by atoms with Gasteiger partial charge in [-0.1, -0.05) is 66.7 Å². The molecular formula is C33H22N2O5S. The van der Waals surface area contributed by atoms with E-state index in [1.807, 2.05) is 42.5 Å². The molecule has 5 aromatic rings. The molecule has 200 valence electrons. The summed E-state index contributed by atoms with van der Waals surface area (Å²) in [5, 5.41) is 5.03. The minimum absolute atomic E-state index is 0.193. The molecule has 0 spiro atoms. The number of carbonyl (C=O) groups excluding carboxylic acids is 4. The molecule has 41 heavy (non-hydrogen) atoms. The maximum atomic E-state index is 13.8. The van der Waals surface area contributed by atoms with Crippen molar-refractivity contribution in [3.05, 3.63) is 149 Å². The van der Waals surface area contributed by atoms with Gasteiger partial charge in [-0.2, -0.15) is 0 Å². The van der Waals surface area contributed by atoms with Crippen molar-refractivity contribution in [2.75, 3.05) is 10.6 Å². The third-order valence-corrected chi connectivity index (χ3v) is 7.93. The molecule has 4 aromatic carbocycles. The van der Waals surface area contributed by atoms with E-state index < -0.39 is 5.25 Å². The second kappa shape index (κ2) is 11.1. The van der Waals surface area contributed by atoms with Crippen LogP contribution < -0.4 is 10.6 Å². The number of carbonyl (C=O) groups is 4. The smallest absolute Gasteiger partial charge is 0.291 e. The largest absolute Gasteiger partial charge is 0.459 e. The number of thioether (sulfide) groups is 1. The zero-order valence-corrected chi connectivity index (χ0v) is 22.3. The van der Waals surface area contributed by atoms with E-state index in [1.54, 1.807) is 66.7 Å². The van der Waals surface area contributed by atoms with Crippen LogP contribution in [0.2, 0.25) is 0 Å². The van der Waals surface area contributed by atoms with E-state index in [0.29, 0.717) is 16.8 Å². The molecule has 1 aliphatic carbocycles. The summed E-state index contributed by atoms with van der Waals surface area (Å²) in [6.45, 7) is 0. The first kappa shape index (κ1) is 26.0. The molecule has 1 aliphatic rings. The second-order valence-corrected chi connectivity index (χ2v) is 10.5. The molecule has 0 bridgehead atoms. The molecule has 0 fully saturated rings. The van der Waals surface area contributed by atoms with Gasteiger partial charge in [-0.25, -0.2) is 0 Å². The summed E-state index contributed by atoms with van der Waals surface area (Å²) >= 11 is 1.33. The summed E-state index contributed by atoms with van der Waals surface area (Å²) in [4.78, 5) is 53.4. The normalized spacial score (nSPS) is 12.7. The fraction of sp³-hybridized carbons (Fsp3) is 0.0303. The van der Waals surface area contributed by atoms with E-state index in [9.17, 15) is 19.2 Å². The molecule has 1 aromatic heterocycles. The van der Waals surface area contributed by atoms with E-state index in [2.05, 4.69) is 10.6 Å². The number of anilines is 2. The third kappa shape index (κ3) is 5.20. The Morgan fingerprint density at radius 3 is 2.05 bits per heavy atom. The van der Waals surface area contributed by atoms with Gasteiger partial charge in [0, 0.05) is 27.3 Å².